The average molecular weight is 322 g/mol. The molecule has 0 aliphatic carbocycles. The van der Waals surface area contributed by atoms with E-state index >= 15 is 0 Å². The van der Waals surface area contributed by atoms with Crippen LogP contribution in [0.4, 0.5) is 11.5 Å². The number of hydrogen-bond donors (Lipinski definition) is 2. The molecule has 4 rings (SSSR count). The van der Waals surface area contributed by atoms with E-state index in [1.165, 1.54) is 0 Å². The first-order valence-corrected chi connectivity index (χ1v) is 8.07. The monoisotopic (exact) mass is 322 g/mol. The van der Waals surface area contributed by atoms with Gasteiger partial charge in [-0.1, -0.05) is 25.4 Å². The van der Waals surface area contributed by atoms with Gasteiger partial charge in [0.1, 0.15) is 0 Å². The van der Waals surface area contributed by atoms with Crippen molar-refractivity contribution in [3.63, 3.8) is 0 Å². The van der Waals surface area contributed by atoms with E-state index in [0.717, 1.165) is 35.2 Å². The minimum Gasteiger partial charge on any atom is -0.356 e. The lowest BCUT2D eigenvalue weighted by Gasteiger charge is -2.06. The SMILES string of the molecule is CCCC(C)c1noc2cc(Nc3n[nH]c4nccnc34)ccc12. The number of aromatic nitrogens is 5. The van der Waals surface area contributed by atoms with Crippen LogP contribution in [0.2, 0.25) is 0 Å². The minimum absolute atomic E-state index is 0.389. The second-order valence-corrected chi connectivity index (χ2v) is 5.92. The van der Waals surface area contributed by atoms with E-state index in [0.29, 0.717) is 22.9 Å². The Kier molecular flexibility index (Phi) is 3.60. The van der Waals surface area contributed by atoms with E-state index in [1.54, 1.807) is 12.4 Å². The van der Waals surface area contributed by atoms with Crippen molar-refractivity contribution >= 4 is 33.6 Å². The van der Waals surface area contributed by atoms with Crippen molar-refractivity contribution in [2.24, 2.45) is 0 Å². The molecule has 4 aromatic rings. The maximum Gasteiger partial charge on any atom is 0.180 e. The van der Waals surface area contributed by atoms with Crippen molar-refractivity contribution in [3.05, 3.63) is 36.3 Å². The van der Waals surface area contributed by atoms with Crippen LogP contribution in [0.5, 0.6) is 0 Å². The van der Waals surface area contributed by atoms with Gasteiger partial charge in [-0.05, 0) is 18.6 Å². The zero-order valence-electron chi connectivity index (χ0n) is 13.6. The van der Waals surface area contributed by atoms with Crippen LogP contribution in [-0.4, -0.2) is 25.3 Å². The molecule has 0 amide bonds. The normalized spacial score (nSPS) is 12.8. The Bertz CT molecular complexity index is 989. The van der Waals surface area contributed by atoms with Crippen molar-refractivity contribution < 1.29 is 4.52 Å². The first kappa shape index (κ1) is 14.6. The zero-order valence-corrected chi connectivity index (χ0v) is 13.6. The number of aromatic amines is 1. The predicted octanol–water partition coefficient (Wildman–Crippen LogP) is 4.14. The van der Waals surface area contributed by atoms with Crippen LogP contribution < -0.4 is 5.32 Å². The summed E-state index contributed by atoms with van der Waals surface area (Å²) in [5, 5.41) is 15.6. The molecule has 0 aliphatic heterocycles. The Labute approximate surface area is 138 Å². The number of nitrogens with zero attached hydrogens (tertiary/aromatic N) is 4. The highest BCUT2D eigenvalue weighted by molar-refractivity contribution is 5.88. The lowest BCUT2D eigenvalue weighted by molar-refractivity contribution is 0.436. The largest absolute Gasteiger partial charge is 0.356 e. The lowest BCUT2D eigenvalue weighted by Crippen LogP contribution is -1.94. The number of benzene rings is 1. The van der Waals surface area contributed by atoms with Crippen molar-refractivity contribution in [1.82, 2.24) is 25.3 Å². The summed E-state index contributed by atoms with van der Waals surface area (Å²) >= 11 is 0. The average Bonchev–Trinajstić information content (AvgIpc) is 3.19. The Balaban J connectivity index is 1.66. The molecular weight excluding hydrogens is 304 g/mol. The number of hydrogen-bond acceptors (Lipinski definition) is 6. The van der Waals surface area contributed by atoms with Gasteiger partial charge in [0.25, 0.3) is 0 Å². The van der Waals surface area contributed by atoms with Gasteiger partial charge < -0.3 is 9.84 Å². The van der Waals surface area contributed by atoms with E-state index in [-0.39, 0.29) is 0 Å². The molecule has 1 atom stereocenters. The highest BCUT2D eigenvalue weighted by Gasteiger charge is 2.15. The van der Waals surface area contributed by atoms with E-state index < -0.39 is 0 Å². The molecule has 122 valence electrons. The van der Waals surface area contributed by atoms with Gasteiger partial charge in [-0.15, -0.1) is 0 Å². The van der Waals surface area contributed by atoms with Gasteiger partial charge >= 0.3 is 0 Å². The van der Waals surface area contributed by atoms with Crippen molar-refractivity contribution in [2.75, 3.05) is 5.32 Å². The fourth-order valence-electron chi connectivity index (χ4n) is 2.94. The summed E-state index contributed by atoms with van der Waals surface area (Å²) in [6.07, 6.45) is 5.50. The molecule has 0 spiro atoms. The van der Waals surface area contributed by atoms with Gasteiger partial charge in [0.05, 0.1) is 5.69 Å². The zero-order chi connectivity index (χ0) is 16.5. The number of H-pyrrole nitrogens is 1. The standard InChI is InChI=1S/C17H18N6O/c1-3-4-10(2)14-12-6-5-11(9-13(12)24-23-14)20-17-15-16(21-22-17)19-8-7-18-15/h5-10H,3-4H2,1-2H3,(H2,19,20,21,22). The van der Waals surface area contributed by atoms with Crippen LogP contribution in [0.25, 0.3) is 22.1 Å². The van der Waals surface area contributed by atoms with Gasteiger partial charge in [-0.2, -0.15) is 5.10 Å². The summed E-state index contributed by atoms with van der Waals surface area (Å²) in [5.74, 6) is 1.03. The lowest BCUT2D eigenvalue weighted by atomic mass is 9.99. The predicted molar refractivity (Wildman–Crippen MR) is 92.3 cm³/mol. The second kappa shape index (κ2) is 5.92. The molecule has 1 unspecified atom stereocenters. The van der Waals surface area contributed by atoms with Gasteiger partial charge in [-0.3, -0.25) is 5.10 Å². The number of anilines is 2. The summed E-state index contributed by atoms with van der Waals surface area (Å²) < 4.78 is 5.52. The Morgan fingerprint density at radius 3 is 3.00 bits per heavy atom. The maximum absolute atomic E-state index is 5.52. The molecule has 24 heavy (non-hydrogen) atoms. The molecule has 0 aliphatic rings. The smallest absolute Gasteiger partial charge is 0.180 e. The number of nitrogens with one attached hydrogen (secondary N) is 2. The van der Waals surface area contributed by atoms with Crippen LogP contribution in [0, 0.1) is 0 Å². The highest BCUT2D eigenvalue weighted by Crippen LogP contribution is 2.30. The topological polar surface area (TPSA) is 92.5 Å². The van der Waals surface area contributed by atoms with Crippen LogP contribution in [-0.2, 0) is 0 Å². The second-order valence-electron chi connectivity index (χ2n) is 5.92. The van der Waals surface area contributed by atoms with Gasteiger partial charge in [0, 0.05) is 35.5 Å². The summed E-state index contributed by atoms with van der Waals surface area (Å²) in [6.45, 7) is 4.36. The van der Waals surface area contributed by atoms with Crippen molar-refractivity contribution in [3.8, 4) is 0 Å². The first-order chi connectivity index (χ1) is 11.8. The summed E-state index contributed by atoms with van der Waals surface area (Å²) in [6, 6.07) is 5.97. The molecular formula is C17H18N6O. The summed E-state index contributed by atoms with van der Waals surface area (Å²) in [7, 11) is 0. The van der Waals surface area contributed by atoms with E-state index in [9.17, 15) is 0 Å². The molecule has 0 fully saturated rings. The van der Waals surface area contributed by atoms with Gasteiger partial charge in [0.2, 0.25) is 0 Å². The molecule has 0 saturated heterocycles. The summed E-state index contributed by atoms with van der Waals surface area (Å²) in [4.78, 5) is 8.48. The summed E-state index contributed by atoms with van der Waals surface area (Å²) in [5.41, 5.74) is 4.01. The van der Waals surface area contributed by atoms with E-state index in [1.807, 2.05) is 18.2 Å². The quantitative estimate of drug-likeness (QED) is 0.573. The minimum atomic E-state index is 0.389. The fourth-order valence-corrected chi connectivity index (χ4v) is 2.94. The number of fused-ring (bicyclic) bond motifs is 2. The van der Waals surface area contributed by atoms with Crippen LogP contribution in [0.15, 0.2) is 35.1 Å². The Morgan fingerprint density at radius 2 is 2.12 bits per heavy atom. The fraction of sp³-hybridized carbons (Fsp3) is 0.294. The number of rotatable bonds is 5. The van der Waals surface area contributed by atoms with Crippen molar-refractivity contribution in [2.45, 2.75) is 32.6 Å². The Morgan fingerprint density at radius 1 is 1.25 bits per heavy atom. The van der Waals surface area contributed by atoms with Crippen molar-refractivity contribution in [1.29, 1.82) is 0 Å². The van der Waals surface area contributed by atoms with Crippen LogP contribution in [0.3, 0.4) is 0 Å². The molecule has 0 bridgehead atoms. The van der Waals surface area contributed by atoms with Crippen LogP contribution >= 0.6 is 0 Å². The molecule has 0 saturated carbocycles. The van der Waals surface area contributed by atoms with E-state index in [2.05, 4.69) is 44.5 Å². The Hall–Kier alpha value is -2.96. The molecule has 3 heterocycles. The van der Waals surface area contributed by atoms with E-state index in [4.69, 9.17) is 4.52 Å². The molecule has 2 N–H and O–H groups in total. The molecule has 1 aromatic carbocycles. The van der Waals surface area contributed by atoms with Crippen LogP contribution in [0.1, 0.15) is 38.3 Å². The van der Waals surface area contributed by atoms with Gasteiger partial charge in [0.15, 0.2) is 22.6 Å². The molecule has 3 aromatic heterocycles. The highest BCUT2D eigenvalue weighted by atomic mass is 16.5. The molecule has 7 nitrogen and oxygen atoms in total. The molecule has 7 heteroatoms. The third kappa shape index (κ3) is 2.47. The molecule has 0 radical (unpaired) electrons. The third-order valence-electron chi connectivity index (χ3n) is 4.15. The third-order valence-corrected chi connectivity index (χ3v) is 4.15. The van der Waals surface area contributed by atoms with Gasteiger partial charge in [-0.25, -0.2) is 9.97 Å². The first-order valence-electron chi connectivity index (χ1n) is 8.07. The maximum atomic E-state index is 5.52.